The predicted octanol–water partition coefficient (Wildman–Crippen LogP) is 5.94. The molecular formula is C25H27N5O3. The SMILES string of the molecule is CC(C)(CCCN=[N+]=[N-])c1cc2cc(NC(=O)C3(c4ccc5c(c4)OCO5)CC3)ccc2[nH]1. The second-order valence-electron chi connectivity index (χ2n) is 9.53. The van der Waals surface area contributed by atoms with Crippen LogP contribution in [0.4, 0.5) is 5.69 Å². The molecule has 2 heterocycles. The molecule has 1 aromatic heterocycles. The lowest BCUT2D eigenvalue weighted by Crippen LogP contribution is -2.27. The summed E-state index contributed by atoms with van der Waals surface area (Å²) in [6, 6.07) is 13.9. The molecule has 1 fully saturated rings. The number of azide groups is 1. The van der Waals surface area contributed by atoms with E-state index in [4.69, 9.17) is 15.0 Å². The van der Waals surface area contributed by atoms with Gasteiger partial charge < -0.3 is 19.8 Å². The number of ether oxygens (including phenoxy) is 2. The van der Waals surface area contributed by atoms with Crippen molar-refractivity contribution in [1.82, 2.24) is 4.98 Å². The summed E-state index contributed by atoms with van der Waals surface area (Å²) in [7, 11) is 0. The summed E-state index contributed by atoms with van der Waals surface area (Å²) in [6.45, 7) is 5.08. The molecule has 1 aliphatic heterocycles. The quantitative estimate of drug-likeness (QED) is 0.194. The fourth-order valence-electron chi connectivity index (χ4n) is 4.56. The number of benzene rings is 2. The number of fused-ring (bicyclic) bond motifs is 2. The zero-order valence-electron chi connectivity index (χ0n) is 18.9. The molecule has 3 aromatic rings. The molecule has 1 saturated carbocycles. The molecule has 2 aromatic carbocycles. The van der Waals surface area contributed by atoms with Crippen LogP contribution in [0.5, 0.6) is 11.5 Å². The van der Waals surface area contributed by atoms with Crippen molar-refractivity contribution in [3.8, 4) is 11.5 Å². The van der Waals surface area contributed by atoms with Crippen LogP contribution in [0.2, 0.25) is 0 Å². The van der Waals surface area contributed by atoms with Gasteiger partial charge in [0.2, 0.25) is 12.7 Å². The molecule has 0 bridgehead atoms. The number of H-pyrrole nitrogens is 1. The molecule has 0 atom stereocenters. The zero-order chi connectivity index (χ0) is 23.1. The minimum Gasteiger partial charge on any atom is -0.454 e. The van der Waals surface area contributed by atoms with E-state index in [0.29, 0.717) is 12.3 Å². The Bertz CT molecular complexity index is 1270. The Morgan fingerprint density at radius 2 is 2.00 bits per heavy atom. The molecule has 8 nitrogen and oxygen atoms in total. The van der Waals surface area contributed by atoms with Crippen molar-refractivity contribution in [2.75, 3.05) is 18.7 Å². The Kier molecular flexibility index (Phi) is 5.17. The average Bonchev–Trinajstić information content (AvgIpc) is 3.28. The van der Waals surface area contributed by atoms with Gasteiger partial charge in [0.25, 0.3) is 0 Å². The summed E-state index contributed by atoms with van der Waals surface area (Å²) < 4.78 is 10.9. The molecule has 2 aliphatic rings. The van der Waals surface area contributed by atoms with Crippen LogP contribution in [0.15, 0.2) is 47.6 Å². The lowest BCUT2D eigenvalue weighted by Gasteiger charge is -2.23. The minimum absolute atomic E-state index is 0.00912. The average molecular weight is 446 g/mol. The molecule has 8 heteroatoms. The van der Waals surface area contributed by atoms with Gasteiger partial charge in [-0.25, -0.2) is 0 Å². The number of carbonyl (C=O) groups excluding carboxylic acids is 1. The van der Waals surface area contributed by atoms with Gasteiger partial charge in [-0.3, -0.25) is 4.79 Å². The Morgan fingerprint density at radius 3 is 2.79 bits per heavy atom. The van der Waals surface area contributed by atoms with Gasteiger partial charge in [0.05, 0.1) is 5.41 Å². The Balaban J connectivity index is 1.32. The van der Waals surface area contributed by atoms with Gasteiger partial charge in [-0.15, -0.1) is 0 Å². The molecule has 2 N–H and O–H groups in total. The molecule has 170 valence electrons. The standard InChI is InChI=1S/C25H27N5O3/c1-24(2,8-3-11-27-30-26)22-13-16-12-18(5-6-19(16)29-22)28-23(31)25(9-10-25)17-4-7-20-21(14-17)33-15-32-20/h4-7,12-14,29H,3,8-11,15H2,1-2H3,(H,28,31). The van der Waals surface area contributed by atoms with E-state index in [-0.39, 0.29) is 18.1 Å². The van der Waals surface area contributed by atoms with Crippen molar-refractivity contribution in [3.05, 3.63) is 64.2 Å². The topological polar surface area (TPSA) is 112 Å². The van der Waals surface area contributed by atoms with Crippen molar-refractivity contribution in [2.24, 2.45) is 5.11 Å². The summed E-state index contributed by atoms with van der Waals surface area (Å²) >= 11 is 0. The normalized spacial score (nSPS) is 15.8. The summed E-state index contributed by atoms with van der Waals surface area (Å²) in [5.74, 6) is 1.44. The molecule has 0 unspecified atom stereocenters. The second kappa shape index (κ2) is 8.05. The maximum absolute atomic E-state index is 13.2. The summed E-state index contributed by atoms with van der Waals surface area (Å²) in [5.41, 5.74) is 11.8. The first-order chi connectivity index (χ1) is 15.9. The third-order valence-electron chi connectivity index (χ3n) is 6.84. The highest BCUT2D eigenvalue weighted by Gasteiger charge is 2.51. The van der Waals surface area contributed by atoms with Gasteiger partial charge in [-0.2, -0.15) is 0 Å². The van der Waals surface area contributed by atoms with Crippen molar-refractivity contribution >= 4 is 22.5 Å². The van der Waals surface area contributed by atoms with Gasteiger partial charge in [0.1, 0.15) is 0 Å². The van der Waals surface area contributed by atoms with Crippen LogP contribution in [-0.2, 0) is 15.6 Å². The van der Waals surface area contributed by atoms with Crippen LogP contribution in [0, 0.1) is 0 Å². The number of anilines is 1. The van der Waals surface area contributed by atoms with E-state index in [0.717, 1.165) is 59.3 Å². The number of hydrogen-bond acceptors (Lipinski definition) is 4. The highest BCUT2D eigenvalue weighted by Crippen LogP contribution is 2.51. The van der Waals surface area contributed by atoms with Crippen LogP contribution in [0.1, 0.15) is 50.8 Å². The minimum atomic E-state index is -0.507. The van der Waals surface area contributed by atoms with E-state index in [1.807, 2.05) is 36.4 Å². The lowest BCUT2D eigenvalue weighted by molar-refractivity contribution is -0.118. The van der Waals surface area contributed by atoms with Crippen LogP contribution in [0.25, 0.3) is 21.3 Å². The maximum Gasteiger partial charge on any atom is 0.235 e. The third-order valence-corrected chi connectivity index (χ3v) is 6.84. The second-order valence-corrected chi connectivity index (χ2v) is 9.53. The number of nitrogens with one attached hydrogen (secondary N) is 2. The van der Waals surface area contributed by atoms with Gasteiger partial charge in [-0.1, -0.05) is 25.0 Å². The number of carbonyl (C=O) groups is 1. The van der Waals surface area contributed by atoms with E-state index in [1.54, 1.807) is 0 Å². The number of amides is 1. The molecule has 1 amide bonds. The third kappa shape index (κ3) is 3.98. The van der Waals surface area contributed by atoms with Crippen LogP contribution < -0.4 is 14.8 Å². The number of rotatable bonds is 8. The molecule has 33 heavy (non-hydrogen) atoms. The molecule has 5 rings (SSSR count). The van der Waals surface area contributed by atoms with Crippen LogP contribution in [0.3, 0.4) is 0 Å². The largest absolute Gasteiger partial charge is 0.454 e. The summed E-state index contributed by atoms with van der Waals surface area (Å²) in [5, 5.41) is 7.81. The van der Waals surface area contributed by atoms with E-state index < -0.39 is 5.41 Å². The van der Waals surface area contributed by atoms with E-state index in [1.165, 1.54) is 0 Å². The van der Waals surface area contributed by atoms with Crippen molar-refractivity contribution in [1.29, 1.82) is 0 Å². The van der Waals surface area contributed by atoms with Gasteiger partial charge in [0, 0.05) is 39.2 Å². The lowest BCUT2D eigenvalue weighted by atomic mass is 9.84. The molecule has 0 radical (unpaired) electrons. The number of hydrogen-bond donors (Lipinski definition) is 2. The van der Waals surface area contributed by atoms with E-state index >= 15 is 0 Å². The maximum atomic E-state index is 13.2. The first-order valence-corrected chi connectivity index (χ1v) is 11.3. The van der Waals surface area contributed by atoms with E-state index in [2.05, 4.69) is 40.2 Å². The molecule has 1 aliphatic carbocycles. The number of nitrogens with zero attached hydrogens (tertiary/aromatic N) is 3. The Morgan fingerprint density at radius 1 is 1.18 bits per heavy atom. The first-order valence-electron chi connectivity index (χ1n) is 11.3. The van der Waals surface area contributed by atoms with Crippen molar-refractivity contribution < 1.29 is 14.3 Å². The molecular weight excluding hydrogens is 418 g/mol. The predicted molar refractivity (Wildman–Crippen MR) is 127 cm³/mol. The van der Waals surface area contributed by atoms with Crippen molar-refractivity contribution in [3.63, 3.8) is 0 Å². The first kappa shape index (κ1) is 21.2. The number of aromatic nitrogens is 1. The monoisotopic (exact) mass is 445 g/mol. The van der Waals surface area contributed by atoms with Crippen LogP contribution >= 0.6 is 0 Å². The zero-order valence-corrected chi connectivity index (χ0v) is 18.9. The fraction of sp³-hybridized carbons (Fsp3) is 0.400. The smallest absolute Gasteiger partial charge is 0.235 e. The van der Waals surface area contributed by atoms with Crippen LogP contribution in [-0.4, -0.2) is 24.2 Å². The fourth-order valence-corrected chi connectivity index (χ4v) is 4.56. The highest BCUT2D eigenvalue weighted by atomic mass is 16.7. The van der Waals surface area contributed by atoms with Crippen molar-refractivity contribution in [2.45, 2.75) is 50.4 Å². The van der Waals surface area contributed by atoms with Gasteiger partial charge >= 0.3 is 0 Å². The summed E-state index contributed by atoms with van der Waals surface area (Å²) in [6.07, 6.45) is 3.37. The highest BCUT2D eigenvalue weighted by molar-refractivity contribution is 6.02. The van der Waals surface area contributed by atoms with Gasteiger partial charge in [0.15, 0.2) is 11.5 Å². The molecule has 0 spiro atoms. The number of aromatic amines is 1. The molecule has 0 saturated heterocycles. The van der Waals surface area contributed by atoms with Gasteiger partial charge in [-0.05, 0) is 73.2 Å². The van der Waals surface area contributed by atoms with E-state index in [9.17, 15) is 4.79 Å². The summed E-state index contributed by atoms with van der Waals surface area (Å²) in [4.78, 5) is 19.6. The Labute approximate surface area is 191 Å². The Hall–Kier alpha value is -3.64.